The topological polar surface area (TPSA) is 67.4 Å². The van der Waals surface area contributed by atoms with E-state index in [1.807, 2.05) is 25.1 Å². The first-order chi connectivity index (χ1) is 9.66. The number of benzene rings is 1. The second kappa shape index (κ2) is 6.72. The molecule has 6 heteroatoms. The van der Waals surface area contributed by atoms with E-state index in [0.717, 1.165) is 5.56 Å². The predicted molar refractivity (Wildman–Crippen MR) is 76.6 cm³/mol. The van der Waals surface area contributed by atoms with Crippen LogP contribution in [0.2, 0.25) is 0 Å². The Kier molecular flexibility index (Phi) is 4.73. The van der Waals surface area contributed by atoms with Crippen LogP contribution in [0.1, 0.15) is 15.2 Å². The number of carbonyl (C=O) groups is 2. The monoisotopic (exact) mass is 290 g/mol. The summed E-state index contributed by atoms with van der Waals surface area (Å²) in [4.78, 5) is 23.7. The molecule has 2 N–H and O–H groups in total. The van der Waals surface area contributed by atoms with Crippen LogP contribution in [0.25, 0.3) is 0 Å². The van der Waals surface area contributed by atoms with Crippen LogP contribution in [0.3, 0.4) is 0 Å². The molecule has 20 heavy (non-hydrogen) atoms. The third-order valence-electron chi connectivity index (χ3n) is 2.51. The largest absolute Gasteiger partial charge is 0.483 e. The van der Waals surface area contributed by atoms with Crippen LogP contribution in [0.5, 0.6) is 5.75 Å². The second-order valence-electron chi connectivity index (χ2n) is 4.03. The van der Waals surface area contributed by atoms with Gasteiger partial charge in [-0.05, 0) is 30.0 Å². The first kappa shape index (κ1) is 14.1. The fraction of sp³-hybridized carbons (Fsp3) is 0.143. The molecule has 0 bridgehead atoms. The van der Waals surface area contributed by atoms with E-state index in [4.69, 9.17) is 4.74 Å². The number of amides is 2. The van der Waals surface area contributed by atoms with E-state index >= 15 is 0 Å². The van der Waals surface area contributed by atoms with Crippen LogP contribution in [-0.2, 0) is 4.79 Å². The standard InChI is InChI=1S/C14H14N2O3S/c1-10-5-2-3-6-11(10)19-9-13(17)15-16-14(18)12-7-4-8-20-12/h2-8H,9H2,1H3,(H,15,17)(H,16,18). The molecular formula is C14H14N2O3S. The highest BCUT2D eigenvalue weighted by molar-refractivity contribution is 7.12. The minimum Gasteiger partial charge on any atom is -0.483 e. The zero-order valence-corrected chi connectivity index (χ0v) is 11.7. The number of thiophene rings is 1. The van der Waals surface area contributed by atoms with Crippen molar-refractivity contribution in [1.29, 1.82) is 0 Å². The average Bonchev–Trinajstić information content (AvgIpc) is 2.98. The number of para-hydroxylation sites is 1. The average molecular weight is 290 g/mol. The zero-order valence-electron chi connectivity index (χ0n) is 10.9. The molecule has 1 aromatic carbocycles. The Labute approximate surface area is 120 Å². The molecule has 0 fully saturated rings. The lowest BCUT2D eigenvalue weighted by molar-refractivity contribution is -0.123. The van der Waals surface area contributed by atoms with Gasteiger partial charge in [-0.2, -0.15) is 0 Å². The molecule has 0 aliphatic rings. The predicted octanol–water partition coefficient (Wildman–Crippen LogP) is 1.90. The number of aryl methyl sites for hydroxylation is 1. The molecule has 0 unspecified atom stereocenters. The van der Waals surface area contributed by atoms with Crippen molar-refractivity contribution in [2.24, 2.45) is 0 Å². The van der Waals surface area contributed by atoms with E-state index in [9.17, 15) is 9.59 Å². The van der Waals surface area contributed by atoms with E-state index in [0.29, 0.717) is 10.6 Å². The van der Waals surface area contributed by atoms with Crippen molar-refractivity contribution in [3.63, 3.8) is 0 Å². The summed E-state index contributed by atoms with van der Waals surface area (Å²) in [7, 11) is 0. The Bertz CT molecular complexity index is 596. The van der Waals surface area contributed by atoms with Gasteiger partial charge < -0.3 is 4.74 Å². The Morgan fingerprint density at radius 3 is 2.65 bits per heavy atom. The second-order valence-corrected chi connectivity index (χ2v) is 4.98. The van der Waals surface area contributed by atoms with Crippen LogP contribution >= 0.6 is 11.3 Å². The summed E-state index contributed by atoms with van der Waals surface area (Å²) in [5.41, 5.74) is 5.58. The Hall–Kier alpha value is -2.34. The third-order valence-corrected chi connectivity index (χ3v) is 3.38. The highest BCUT2D eigenvalue weighted by Gasteiger charge is 2.08. The molecule has 0 spiro atoms. The smallest absolute Gasteiger partial charge is 0.279 e. The van der Waals surface area contributed by atoms with Crippen LogP contribution in [-0.4, -0.2) is 18.4 Å². The molecule has 1 aromatic heterocycles. The quantitative estimate of drug-likeness (QED) is 0.845. The molecule has 1 heterocycles. The summed E-state index contributed by atoms with van der Waals surface area (Å²) >= 11 is 1.30. The highest BCUT2D eigenvalue weighted by Crippen LogP contribution is 2.15. The molecule has 0 radical (unpaired) electrons. The van der Waals surface area contributed by atoms with Crippen molar-refractivity contribution in [2.45, 2.75) is 6.92 Å². The lowest BCUT2D eigenvalue weighted by atomic mass is 10.2. The van der Waals surface area contributed by atoms with Gasteiger partial charge in [-0.15, -0.1) is 11.3 Å². The summed E-state index contributed by atoms with van der Waals surface area (Å²) in [6.07, 6.45) is 0. The summed E-state index contributed by atoms with van der Waals surface area (Å²) in [5, 5.41) is 1.79. The minimum absolute atomic E-state index is 0.157. The molecule has 2 aromatic rings. The van der Waals surface area contributed by atoms with Gasteiger partial charge in [-0.1, -0.05) is 24.3 Å². The van der Waals surface area contributed by atoms with Crippen LogP contribution in [0.15, 0.2) is 41.8 Å². The van der Waals surface area contributed by atoms with E-state index in [1.54, 1.807) is 23.6 Å². The summed E-state index contributed by atoms with van der Waals surface area (Å²) in [6.45, 7) is 1.74. The van der Waals surface area contributed by atoms with E-state index in [2.05, 4.69) is 10.9 Å². The lowest BCUT2D eigenvalue weighted by Gasteiger charge is -2.09. The molecule has 0 saturated carbocycles. The first-order valence-electron chi connectivity index (χ1n) is 5.98. The fourth-order valence-corrected chi connectivity index (χ4v) is 2.11. The molecule has 0 saturated heterocycles. The highest BCUT2D eigenvalue weighted by atomic mass is 32.1. The van der Waals surface area contributed by atoms with Crippen LogP contribution < -0.4 is 15.6 Å². The molecular weight excluding hydrogens is 276 g/mol. The van der Waals surface area contributed by atoms with Gasteiger partial charge >= 0.3 is 0 Å². The van der Waals surface area contributed by atoms with Gasteiger partial charge in [0.05, 0.1) is 4.88 Å². The van der Waals surface area contributed by atoms with Crippen molar-refractivity contribution >= 4 is 23.2 Å². The summed E-state index contributed by atoms with van der Waals surface area (Å²) < 4.78 is 5.36. The maximum absolute atomic E-state index is 11.6. The van der Waals surface area contributed by atoms with Gasteiger partial charge in [-0.3, -0.25) is 20.4 Å². The van der Waals surface area contributed by atoms with Gasteiger partial charge in [0.2, 0.25) is 0 Å². The minimum atomic E-state index is -0.418. The Morgan fingerprint density at radius 2 is 1.95 bits per heavy atom. The maximum atomic E-state index is 11.6. The zero-order chi connectivity index (χ0) is 14.4. The van der Waals surface area contributed by atoms with Crippen LogP contribution in [0.4, 0.5) is 0 Å². The summed E-state index contributed by atoms with van der Waals surface area (Å²) in [5.74, 6) is -0.116. The van der Waals surface area contributed by atoms with E-state index < -0.39 is 5.91 Å². The molecule has 5 nitrogen and oxygen atoms in total. The van der Waals surface area contributed by atoms with Gasteiger partial charge in [0, 0.05) is 0 Å². The number of hydrazine groups is 1. The molecule has 2 amide bonds. The number of hydrogen-bond acceptors (Lipinski definition) is 4. The van der Waals surface area contributed by atoms with Gasteiger partial charge in [0.25, 0.3) is 11.8 Å². The lowest BCUT2D eigenvalue weighted by Crippen LogP contribution is -2.43. The Balaban J connectivity index is 1.76. The number of hydrogen-bond donors (Lipinski definition) is 2. The fourth-order valence-electron chi connectivity index (χ4n) is 1.49. The summed E-state index contributed by atoms with van der Waals surface area (Å²) in [6, 6.07) is 10.8. The third kappa shape index (κ3) is 3.83. The number of rotatable bonds is 4. The number of carbonyl (C=O) groups excluding carboxylic acids is 2. The van der Waals surface area contributed by atoms with Crippen molar-refractivity contribution in [3.8, 4) is 5.75 Å². The van der Waals surface area contributed by atoms with Gasteiger partial charge in [-0.25, -0.2) is 0 Å². The normalized spacial score (nSPS) is 9.85. The van der Waals surface area contributed by atoms with Crippen LogP contribution in [0, 0.1) is 6.92 Å². The molecule has 0 aliphatic heterocycles. The molecule has 0 aliphatic carbocycles. The maximum Gasteiger partial charge on any atom is 0.279 e. The van der Waals surface area contributed by atoms with Crippen molar-refractivity contribution < 1.29 is 14.3 Å². The number of ether oxygens (including phenoxy) is 1. The molecule has 0 atom stereocenters. The first-order valence-corrected chi connectivity index (χ1v) is 6.86. The molecule has 2 rings (SSSR count). The molecule has 104 valence electrons. The van der Waals surface area contributed by atoms with E-state index in [-0.39, 0.29) is 12.5 Å². The van der Waals surface area contributed by atoms with Crippen molar-refractivity contribution in [2.75, 3.05) is 6.61 Å². The van der Waals surface area contributed by atoms with Crippen molar-refractivity contribution in [3.05, 3.63) is 52.2 Å². The Morgan fingerprint density at radius 1 is 1.15 bits per heavy atom. The number of nitrogens with one attached hydrogen (secondary N) is 2. The van der Waals surface area contributed by atoms with Gasteiger partial charge in [0.1, 0.15) is 5.75 Å². The van der Waals surface area contributed by atoms with Crippen molar-refractivity contribution in [1.82, 2.24) is 10.9 Å². The van der Waals surface area contributed by atoms with Gasteiger partial charge in [0.15, 0.2) is 6.61 Å². The van der Waals surface area contributed by atoms with E-state index in [1.165, 1.54) is 11.3 Å². The SMILES string of the molecule is Cc1ccccc1OCC(=O)NNC(=O)c1cccs1.